The van der Waals surface area contributed by atoms with Crippen molar-refractivity contribution in [3.63, 3.8) is 0 Å². The van der Waals surface area contributed by atoms with Crippen molar-refractivity contribution < 1.29 is 14.0 Å². The van der Waals surface area contributed by atoms with Gasteiger partial charge < -0.3 is 14.0 Å². The third-order valence-corrected chi connectivity index (χ3v) is 4.62. The van der Waals surface area contributed by atoms with E-state index in [9.17, 15) is 4.79 Å². The predicted octanol–water partition coefficient (Wildman–Crippen LogP) is 3.33. The largest absolute Gasteiger partial charge is 0.497 e. The van der Waals surface area contributed by atoms with Gasteiger partial charge in [-0.3, -0.25) is 4.79 Å². The molecule has 0 aliphatic carbocycles. The van der Waals surface area contributed by atoms with Gasteiger partial charge in [0.25, 0.3) is 5.56 Å². The van der Waals surface area contributed by atoms with Gasteiger partial charge in [0.05, 0.1) is 25.5 Å². The molecule has 4 aromatic rings. The van der Waals surface area contributed by atoms with Crippen molar-refractivity contribution in [2.75, 3.05) is 14.2 Å². The maximum absolute atomic E-state index is 12.3. The van der Waals surface area contributed by atoms with Crippen LogP contribution in [0.3, 0.4) is 0 Å². The number of hydrogen-bond acceptors (Lipinski definition) is 7. The SMILES string of the molecule is COc1ccc(-c2noc(Cn3nc(-c4ccc(C)cc4)ccc3=O)n2)c(OC)c1. The summed E-state index contributed by atoms with van der Waals surface area (Å²) in [6.45, 7) is 2.08. The van der Waals surface area contributed by atoms with Crippen LogP contribution in [0, 0.1) is 6.92 Å². The molecule has 4 rings (SSSR count). The van der Waals surface area contributed by atoms with Gasteiger partial charge in [0.15, 0.2) is 0 Å². The van der Waals surface area contributed by atoms with Gasteiger partial charge in [-0.05, 0) is 25.1 Å². The van der Waals surface area contributed by atoms with Gasteiger partial charge in [-0.2, -0.15) is 10.1 Å². The summed E-state index contributed by atoms with van der Waals surface area (Å²) in [6, 6.07) is 16.4. The van der Waals surface area contributed by atoms with Crippen LogP contribution in [-0.4, -0.2) is 34.1 Å². The van der Waals surface area contributed by atoms with Gasteiger partial charge in [0.1, 0.15) is 18.0 Å². The number of aryl methyl sites for hydroxylation is 1. The van der Waals surface area contributed by atoms with Crippen LogP contribution < -0.4 is 15.0 Å². The fraction of sp³-hybridized carbons (Fsp3) is 0.182. The normalized spacial score (nSPS) is 10.8. The molecule has 0 aliphatic heterocycles. The minimum absolute atomic E-state index is 0.0595. The summed E-state index contributed by atoms with van der Waals surface area (Å²) in [6.07, 6.45) is 0. The molecule has 2 heterocycles. The molecule has 0 bridgehead atoms. The van der Waals surface area contributed by atoms with Crippen LogP contribution in [0.4, 0.5) is 0 Å². The van der Waals surface area contributed by atoms with E-state index >= 15 is 0 Å². The number of aromatic nitrogens is 4. The summed E-state index contributed by atoms with van der Waals surface area (Å²) >= 11 is 0. The van der Waals surface area contributed by atoms with Gasteiger partial charge in [-0.1, -0.05) is 35.0 Å². The van der Waals surface area contributed by atoms with Crippen molar-refractivity contribution in [2.24, 2.45) is 0 Å². The highest BCUT2D eigenvalue weighted by atomic mass is 16.5. The molecule has 0 saturated heterocycles. The molecule has 30 heavy (non-hydrogen) atoms. The molecule has 8 heteroatoms. The Kier molecular flexibility index (Phi) is 5.30. The Hall–Kier alpha value is -3.94. The van der Waals surface area contributed by atoms with Gasteiger partial charge >= 0.3 is 0 Å². The Morgan fingerprint density at radius 3 is 2.53 bits per heavy atom. The second-order valence-electron chi connectivity index (χ2n) is 6.66. The Labute approximate surface area is 172 Å². The monoisotopic (exact) mass is 404 g/mol. The first-order valence-electron chi connectivity index (χ1n) is 9.27. The molecule has 0 fully saturated rings. The molecule has 0 unspecified atom stereocenters. The Morgan fingerprint density at radius 2 is 1.80 bits per heavy atom. The first-order valence-corrected chi connectivity index (χ1v) is 9.27. The average Bonchev–Trinajstić information content (AvgIpc) is 3.23. The van der Waals surface area contributed by atoms with Crippen LogP contribution in [0.25, 0.3) is 22.6 Å². The lowest BCUT2D eigenvalue weighted by molar-refractivity contribution is 0.363. The summed E-state index contributed by atoms with van der Waals surface area (Å²) in [5, 5.41) is 8.46. The van der Waals surface area contributed by atoms with Crippen molar-refractivity contribution in [3.05, 3.63) is 76.4 Å². The van der Waals surface area contributed by atoms with E-state index < -0.39 is 0 Å². The highest BCUT2D eigenvalue weighted by molar-refractivity contribution is 5.65. The quantitative estimate of drug-likeness (QED) is 0.487. The van der Waals surface area contributed by atoms with E-state index in [1.54, 1.807) is 38.5 Å². The van der Waals surface area contributed by atoms with E-state index in [2.05, 4.69) is 15.2 Å². The van der Waals surface area contributed by atoms with Gasteiger partial charge in [0.2, 0.25) is 11.7 Å². The van der Waals surface area contributed by atoms with Crippen LogP contribution in [0.1, 0.15) is 11.5 Å². The number of ether oxygens (including phenoxy) is 2. The summed E-state index contributed by atoms with van der Waals surface area (Å²) in [5.41, 5.74) is 3.16. The molecule has 0 N–H and O–H groups in total. The van der Waals surface area contributed by atoms with E-state index in [1.165, 1.54) is 10.7 Å². The fourth-order valence-electron chi connectivity index (χ4n) is 2.98. The van der Waals surface area contributed by atoms with Crippen LogP contribution >= 0.6 is 0 Å². The zero-order chi connectivity index (χ0) is 21.1. The second kappa shape index (κ2) is 8.20. The number of benzene rings is 2. The molecule has 152 valence electrons. The number of methoxy groups -OCH3 is 2. The molecular weight excluding hydrogens is 384 g/mol. The molecule has 0 saturated carbocycles. The van der Waals surface area contributed by atoms with Crippen LogP contribution in [0.5, 0.6) is 11.5 Å². The minimum atomic E-state index is -0.257. The van der Waals surface area contributed by atoms with Crippen molar-refractivity contribution in [3.8, 4) is 34.1 Å². The van der Waals surface area contributed by atoms with Crippen molar-refractivity contribution in [1.29, 1.82) is 0 Å². The summed E-state index contributed by atoms with van der Waals surface area (Å²) in [4.78, 5) is 16.7. The van der Waals surface area contributed by atoms with Crippen molar-refractivity contribution in [2.45, 2.75) is 13.5 Å². The summed E-state index contributed by atoms with van der Waals surface area (Å²) in [5.74, 6) is 1.83. The third-order valence-electron chi connectivity index (χ3n) is 4.62. The zero-order valence-electron chi connectivity index (χ0n) is 16.8. The standard InChI is InChI=1S/C22H20N4O4/c1-14-4-6-15(7-5-14)18-10-11-21(27)26(24-18)13-20-23-22(25-30-20)17-9-8-16(28-2)12-19(17)29-3/h4-12H,13H2,1-3H3. The van der Waals surface area contributed by atoms with E-state index in [0.717, 1.165) is 11.1 Å². The lowest BCUT2D eigenvalue weighted by atomic mass is 10.1. The lowest BCUT2D eigenvalue weighted by Crippen LogP contribution is -2.23. The molecule has 8 nitrogen and oxygen atoms in total. The molecule has 0 atom stereocenters. The van der Waals surface area contributed by atoms with Crippen molar-refractivity contribution in [1.82, 2.24) is 19.9 Å². The molecular formula is C22H20N4O4. The lowest BCUT2D eigenvalue weighted by Gasteiger charge is -2.07. The molecule has 2 aromatic carbocycles. The van der Waals surface area contributed by atoms with Crippen molar-refractivity contribution >= 4 is 0 Å². The number of hydrogen-bond donors (Lipinski definition) is 0. The van der Waals surface area contributed by atoms with E-state index in [-0.39, 0.29) is 18.0 Å². The minimum Gasteiger partial charge on any atom is -0.497 e. The number of rotatable bonds is 6. The van der Waals surface area contributed by atoms with Gasteiger partial charge in [0, 0.05) is 17.7 Å². The molecule has 0 amide bonds. The Morgan fingerprint density at radius 1 is 1.00 bits per heavy atom. The predicted molar refractivity (Wildman–Crippen MR) is 111 cm³/mol. The maximum atomic E-state index is 12.3. The molecule has 0 radical (unpaired) electrons. The smallest absolute Gasteiger partial charge is 0.267 e. The Bertz CT molecular complexity index is 1230. The first-order chi connectivity index (χ1) is 14.6. The maximum Gasteiger partial charge on any atom is 0.267 e. The molecule has 0 spiro atoms. The summed E-state index contributed by atoms with van der Waals surface area (Å²) < 4.78 is 17.3. The topological polar surface area (TPSA) is 92.3 Å². The van der Waals surface area contributed by atoms with Gasteiger partial charge in [-0.15, -0.1) is 0 Å². The van der Waals surface area contributed by atoms with Crippen LogP contribution in [0.15, 0.2) is 63.9 Å². The highest BCUT2D eigenvalue weighted by Gasteiger charge is 2.15. The Balaban J connectivity index is 1.62. The zero-order valence-corrected chi connectivity index (χ0v) is 16.8. The second-order valence-corrected chi connectivity index (χ2v) is 6.66. The van der Waals surface area contributed by atoms with E-state index in [4.69, 9.17) is 14.0 Å². The number of nitrogens with zero attached hydrogens (tertiary/aromatic N) is 4. The first kappa shape index (κ1) is 19.4. The highest BCUT2D eigenvalue weighted by Crippen LogP contribution is 2.31. The summed E-state index contributed by atoms with van der Waals surface area (Å²) in [7, 11) is 3.13. The van der Waals surface area contributed by atoms with E-state index in [0.29, 0.717) is 28.6 Å². The fourth-order valence-corrected chi connectivity index (χ4v) is 2.98. The van der Waals surface area contributed by atoms with Crippen LogP contribution in [0.2, 0.25) is 0 Å². The molecule has 0 aliphatic rings. The molecule has 2 aromatic heterocycles. The average molecular weight is 404 g/mol. The van der Waals surface area contributed by atoms with E-state index in [1.807, 2.05) is 31.2 Å². The van der Waals surface area contributed by atoms with Gasteiger partial charge in [-0.25, -0.2) is 4.68 Å². The van der Waals surface area contributed by atoms with Crippen LogP contribution in [-0.2, 0) is 6.54 Å². The third kappa shape index (κ3) is 3.93.